The zero-order chi connectivity index (χ0) is 14.0. The summed E-state index contributed by atoms with van der Waals surface area (Å²) >= 11 is 3.36. The average Bonchev–Trinajstić information content (AvgIpc) is 2.70. The van der Waals surface area contributed by atoms with Gasteiger partial charge in [-0.05, 0) is 46.7 Å². The van der Waals surface area contributed by atoms with Gasteiger partial charge in [-0.2, -0.15) is 0 Å². The molecule has 5 heteroatoms. The number of hydrogen-bond donors (Lipinski definition) is 2. The smallest absolute Gasteiger partial charge is 0.255 e. The third kappa shape index (κ3) is 3.08. The Balaban J connectivity index is 2.14. The second-order valence-electron chi connectivity index (χ2n) is 5.29. The van der Waals surface area contributed by atoms with Crippen LogP contribution in [0, 0.1) is 11.8 Å². The summed E-state index contributed by atoms with van der Waals surface area (Å²) in [6.07, 6.45) is 3.93. The van der Waals surface area contributed by atoms with Crippen LogP contribution >= 0.6 is 15.9 Å². The first-order valence-electron chi connectivity index (χ1n) is 6.67. The molecule has 2 rings (SSSR count). The zero-order valence-electron chi connectivity index (χ0n) is 11.5. The molecule has 1 aliphatic carbocycles. The van der Waals surface area contributed by atoms with E-state index in [2.05, 4.69) is 45.4 Å². The number of nitrogens with zero attached hydrogens (tertiary/aromatic N) is 1. The molecule has 104 valence electrons. The fraction of sp³-hybridized carbons (Fsp3) is 0.571. The summed E-state index contributed by atoms with van der Waals surface area (Å²) in [6.45, 7) is 4.46. The SMILES string of the molecule is CNc1ncc(Br)cc1C(=O)NC1CCC(C)C1C. The summed E-state index contributed by atoms with van der Waals surface area (Å²) < 4.78 is 0.810. The van der Waals surface area contributed by atoms with Crippen molar-refractivity contribution in [3.63, 3.8) is 0 Å². The molecule has 0 aliphatic heterocycles. The summed E-state index contributed by atoms with van der Waals surface area (Å²) in [5, 5.41) is 6.09. The Labute approximate surface area is 122 Å². The van der Waals surface area contributed by atoms with Crippen LogP contribution in [0.5, 0.6) is 0 Å². The Morgan fingerprint density at radius 2 is 2.16 bits per heavy atom. The van der Waals surface area contributed by atoms with Crippen LogP contribution in [-0.4, -0.2) is 24.0 Å². The first kappa shape index (κ1) is 14.3. The molecule has 0 saturated heterocycles. The van der Waals surface area contributed by atoms with Gasteiger partial charge in [-0.15, -0.1) is 0 Å². The van der Waals surface area contributed by atoms with Crippen LogP contribution in [0.1, 0.15) is 37.0 Å². The number of amides is 1. The molecule has 0 aromatic carbocycles. The number of hydrogen-bond acceptors (Lipinski definition) is 3. The lowest BCUT2D eigenvalue weighted by atomic mass is 9.97. The molecule has 0 bridgehead atoms. The van der Waals surface area contributed by atoms with E-state index in [-0.39, 0.29) is 11.9 Å². The second kappa shape index (κ2) is 5.90. The predicted octanol–water partition coefficient (Wildman–Crippen LogP) is 3.05. The maximum absolute atomic E-state index is 12.4. The van der Waals surface area contributed by atoms with Crippen LogP contribution in [0.3, 0.4) is 0 Å². The van der Waals surface area contributed by atoms with Crippen molar-refractivity contribution in [3.8, 4) is 0 Å². The number of nitrogens with one attached hydrogen (secondary N) is 2. The van der Waals surface area contributed by atoms with Crippen molar-refractivity contribution in [3.05, 3.63) is 22.3 Å². The average molecular weight is 326 g/mol. The van der Waals surface area contributed by atoms with Crippen molar-refractivity contribution < 1.29 is 4.79 Å². The van der Waals surface area contributed by atoms with E-state index in [4.69, 9.17) is 0 Å². The topological polar surface area (TPSA) is 54.0 Å². The highest BCUT2D eigenvalue weighted by molar-refractivity contribution is 9.10. The molecule has 1 heterocycles. The van der Waals surface area contributed by atoms with E-state index in [1.807, 2.05) is 0 Å². The summed E-state index contributed by atoms with van der Waals surface area (Å²) in [5.41, 5.74) is 0.587. The van der Waals surface area contributed by atoms with E-state index >= 15 is 0 Å². The standard InChI is InChI=1S/C14H20BrN3O/c1-8-4-5-12(9(8)2)18-14(19)11-6-10(15)7-17-13(11)16-3/h6-9,12H,4-5H2,1-3H3,(H,16,17)(H,18,19). The van der Waals surface area contributed by atoms with Gasteiger partial charge in [0.25, 0.3) is 5.91 Å². The van der Waals surface area contributed by atoms with Crippen LogP contribution in [0.4, 0.5) is 5.82 Å². The molecule has 0 radical (unpaired) electrons. The Hall–Kier alpha value is -1.10. The molecule has 19 heavy (non-hydrogen) atoms. The Morgan fingerprint density at radius 3 is 2.74 bits per heavy atom. The quantitative estimate of drug-likeness (QED) is 0.898. The van der Waals surface area contributed by atoms with Crippen LogP contribution in [0.15, 0.2) is 16.7 Å². The Morgan fingerprint density at radius 1 is 1.42 bits per heavy atom. The van der Waals surface area contributed by atoms with Gasteiger partial charge in [0.2, 0.25) is 0 Å². The van der Waals surface area contributed by atoms with Gasteiger partial charge in [0.15, 0.2) is 0 Å². The maximum atomic E-state index is 12.4. The van der Waals surface area contributed by atoms with Gasteiger partial charge < -0.3 is 10.6 Å². The lowest BCUT2D eigenvalue weighted by Crippen LogP contribution is -2.37. The zero-order valence-corrected chi connectivity index (χ0v) is 13.1. The largest absolute Gasteiger partial charge is 0.372 e. The lowest BCUT2D eigenvalue weighted by molar-refractivity contribution is 0.0928. The molecule has 3 atom stereocenters. The first-order chi connectivity index (χ1) is 9.02. The summed E-state index contributed by atoms with van der Waals surface area (Å²) in [6, 6.07) is 2.07. The van der Waals surface area contributed by atoms with Crippen molar-refractivity contribution in [2.24, 2.45) is 11.8 Å². The Kier molecular flexibility index (Phi) is 4.45. The number of aromatic nitrogens is 1. The minimum absolute atomic E-state index is 0.0518. The van der Waals surface area contributed by atoms with E-state index < -0.39 is 0 Å². The minimum atomic E-state index is -0.0518. The molecule has 2 N–H and O–H groups in total. The van der Waals surface area contributed by atoms with Gasteiger partial charge >= 0.3 is 0 Å². The van der Waals surface area contributed by atoms with Gasteiger partial charge in [-0.3, -0.25) is 4.79 Å². The van der Waals surface area contributed by atoms with Crippen LogP contribution in [0.2, 0.25) is 0 Å². The van der Waals surface area contributed by atoms with Crippen molar-refractivity contribution in [2.75, 3.05) is 12.4 Å². The van der Waals surface area contributed by atoms with E-state index in [0.29, 0.717) is 23.2 Å². The maximum Gasteiger partial charge on any atom is 0.255 e. The van der Waals surface area contributed by atoms with E-state index in [1.54, 1.807) is 19.3 Å². The molecule has 1 aliphatic rings. The fourth-order valence-electron chi connectivity index (χ4n) is 2.63. The third-order valence-corrected chi connectivity index (χ3v) is 4.55. The van der Waals surface area contributed by atoms with Crippen LogP contribution in [-0.2, 0) is 0 Å². The van der Waals surface area contributed by atoms with Gasteiger partial charge in [-0.1, -0.05) is 13.8 Å². The highest BCUT2D eigenvalue weighted by Crippen LogP contribution is 2.31. The van der Waals surface area contributed by atoms with Crippen LogP contribution < -0.4 is 10.6 Å². The van der Waals surface area contributed by atoms with Gasteiger partial charge in [0, 0.05) is 23.8 Å². The monoisotopic (exact) mass is 325 g/mol. The lowest BCUT2D eigenvalue weighted by Gasteiger charge is -2.20. The fourth-order valence-corrected chi connectivity index (χ4v) is 2.96. The molecular weight excluding hydrogens is 306 g/mol. The molecule has 1 fully saturated rings. The van der Waals surface area contributed by atoms with Gasteiger partial charge in [0.1, 0.15) is 5.82 Å². The minimum Gasteiger partial charge on any atom is -0.372 e. The third-order valence-electron chi connectivity index (χ3n) is 4.12. The number of carbonyl (C=O) groups is 1. The van der Waals surface area contributed by atoms with Crippen molar-refractivity contribution in [2.45, 2.75) is 32.7 Å². The molecule has 4 nitrogen and oxygen atoms in total. The van der Waals surface area contributed by atoms with Crippen LogP contribution in [0.25, 0.3) is 0 Å². The number of carbonyl (C=O) groups excluding carboxylic acids is 1. The molecule has 1 saturated carbocycles. The molecule has 3 unspecified atom stereocenters. The number of pyridine rings is 1. The van der Waals surface area contributed by atoms with Crippen molar-refractivity contribution in [1.29, 1.82) is 0 Å². The normalized spacial score (nSPS) is 26.2. The predicted molar refractivity (Wildman–Crippen MR) is 80.3 cm³/mol. The molecule has 0 spiro atoms. The van der Waals surface area contributed by atoms with Gasteiger partial charge in [0.05, 0.1) is 5.56 Å². The number of rotatable bonds is 3. The molecule has 1 aromatic rings. The van der Waals surface area contributed by atoms with E-state index in [9.17, 15) is 4.79 Å². The van der Waals surface area contributed by atoms with Crippen molar-refractivity contribution >= 4 is 27.7 Å². The van der Waals surface area contributed by atoms with Gasteiger partial charge in [-0.25, -0.2) is 4.98 Å². The second-order valence-corrected chi connectivity index (χ2v) is 6.21. The van der Waals surface area contributed by atoms with E-state index in [1.165, 1.54) is 6.42 Å². The molecule has 1 amide bonds. The summed E-state index contributed by atoms with van der Waals surface area (Å²) in [5.74, 6) is 1.76. The summed E-state index contributed by atoms with van der Waals surface area (Å²) in [4.78, 5) is 16.6. The van der Waals surface area contributed by atoms with E-state index in [0.717, 1.165) is 10.9 Å². The first-order valence-corrected chi connectivity index (χ1v) is 7.46. The highest BCUT2D eigenvalue weighted by atomic mass is 79.9. The Bertz CT molecular complexity index is 478. The number of halogens is 1. The number of anilines is 1. The summed E-state index contributed by atoms with van der Waals surface area (Å²) in [7, 11) is 1.77. The molecular formula is C14H20BrN3O. The van der Waals surface area contributed by atoms with Crippen molar-refractivity contribution in [1.82, 2.24) is 10.3 Å². The molecule has 1 aromatic heterocycles. The highest BCUT2D eigenvalue weighted by Gasteiger charge is 2.31.